The molecule has 0 bridgehead atoms. The van der Waals surface area contributed by atoms with Crippen molar-refractivity contribution >= 4 is 22.5 Å². The summed E-state index contributed by atoms with van der Waals surface area (Å²) in [5.41, 5.74) is 2.45. The number of ether oxygens (including phenoxy) is 1. The van der Waals surface area contributed by atoms with Crippen LogP contribution in [-0.4, -0.2) is 22.2 Å². The number of fused-ring (bicyclic) bond motifs is 1. The highest BCUT2D eigenvalue weighted by Gasteiger charge is 2.16. The van der Waals surface area contributed by atoms with E-state index in [1.807, 2.05) is 36.4 Å². The maximum atomic E-state index is 12.1. The highest BCUT2D eigenvalue weighted by molar-refractivity contribution is 5.95. The fourth-order valence-corrected chi connectivity index (χ4v) is 4.01. The van der Waals surface area contributed by atoms with Crippen molar-refractivity contribution in [2.45, 2.75) is 38.0 Å². The molecule has 0 radical (unpaired) electrons. The van der Waals surface area contributed by atoms with Crippen molar-refractivity contribution in [2.24, 2.45) is 17.3 Å². The normalized spacial score (nSPS) is 15.2. The number of rotatable bonds is 5. The Kier molecular flexibility index (Phi) is 5.60. The second-order valence-corrected chi connectivity index (χ2v) is 7.53. The minimum absolute atomic E-state index is 0.0260. The van der Waals surface area contributed by atoms with Crippen molar-refractivity contribution in [1.29, 1.82) is 0 Å². The van der Waals surface area contributed by atoms with Gasteiger partial charge in [-0.15, -0.1) is 10.2 Å². The molecule has 150 valence electrons. The summed E-state index contributed by atoms with van der Waals surface area (Å²) in [5, 5.41) is 18.7. The van der Waals surface area contributed by atoms with Crippen LogP contribution in [0.3, 0.4) is 0 Å². The summed E-state index contributed by atoms with van der Waals surface area (Å²) in [5.74, 6) is 0.749. The number of benzene rings is 2. The molecule has 1 aliphatic carbocycles. The number of nitrogens with zero attached hydrogens (tertiary/aromatic N) is 3. The Morgan fingerprint density at radius 3 is 2.59 bits per heavy atom. The van der Waals surface area contributed by atoms with E-state index in [2.05, 4.69) is 22.4 Å². The first-order valence-electron chi connectivity index (χ1n) is 10.1. The Bertz CT molecular complexity index is 1030. The van der Waals surface area contributed by atoms with Crippen molar-refractivity contribution in [3.05, 3.63) is 54.1 Å². The number of carbonyl (C=O) groups is 1. The molecule has 2 aromatic carbocycles. The van der Waals surface area contributed by atoms with Gasteiger partial charge in [0.15, 0.2) is 12.3 Å². The average molecular weight is 391 g/mol. The molecule has 0 aliphatic heterocycles. The molecule has 6 nitrogen and oxygen atoms in total. The van der Waals surface area contributed by atoms with Crippen LogP contribution in [0.25, 0.3) is 10.9 Å². The molecule has 0 saturated heterocycles. The topological polar surface area (TPSA) is 76.2 Å². The number of para-hydroxylation sites is 1. The molecule has 29 heavy (non-hydrogen) atoms. The zero-order valence-electron chi connectivity index (χ0n) is 16.5. The number of aromatic hydroxyl groups is 1. The van der Waals surface area contributed by atoms with Crippen molar-refractivity contribution in [2.75, 3.05) is 6.61 Å². The van der Waals surface area contributed by atoms with Crippen molar-refractivity contribution in [1.82, 2.24) is 4.57 Å². The summed E-state index contributed by atoms with van der Waals surface area (Å²) >= 11 is 0. The van der Waals surface area contributed by atoms with E-state index in [4.69, 9.17) is 4.74 Å². The third-order valence-electron chi connectivity index (χ3n) is 5.63. The largest absolute Gasteiger partial charge is 0.493 e. The van der Waals surface area contributed by atoms with Crippen molar-refractivity contribution in [3.8, 4) is 11.6 Å². The van der Waals surface area contributed by atoms with Crippen LogP contribution in [0.5, 0.6) is 11.6 Å². The van der Waals surface area contributed by atoms with Gasteiger partial charge in [-0.25, -0.2) is 0 Å². The third-order valence-corrected chi connectivity index (χ3v) is 5.63. The molecular weight excluding hydrogens is 366 g/mol. The highest BCUT2D eigenvalue weighted by Crippen LogP contribution is 2.37. The summed E-state index contributed by atoms with van der Waals surface area (Å²) < 4.78 is 7.16. The number of hydrogen-bond donors (Lipinski definition) is 1. The van der Waals surface area contributed by atoms with Crippen molar-refractivity contribution < 1.29 is 14.6 Å². The van der Waals surface area contributed by atoms with Gasteiger partial charge in [0.1, 0.15) is 5.75 Å². The standard InChI is InChI=1S/C23H25N3O3/c1-26-20-10-6-5-9-19(20)22(23(26)28)25-24-21(27)15-29-18-13-11-17(12-14-18)16-7-3-2-4-8-16/h5-6,9-14,16,28H,2-4,7-8,15H2,1H3. The number of azo groups is 1. The van der Waals surface area contributed by atoms with Crippen LogP contribution in [-0.2, 0) is 11.8 Å². The van der Waals surface area contributed by atoms with Gasteiger partial charge in [0.25, 0.3) is 0 Å². The van der Waals surface area contributed by atoms with E-state index in [0.29, 0.717) is 11.7 Å². The van der Waals surface area contributed by atoms with Gasteiger partial charge in [-0.05, 0) is 42.5 Å². The van der Waals surface area contributed by atoms with E-state index >= 15 is 0 Å². The van der Waals surface area contributed by atoms with Crippen LogP contribution < -0.4 is 4.74 Å². The molecule has 0 atom stereocenters. The van der Waals surface area contributed by atoms with Gasteiger partial charge in [0.05, 0.1) is 5.52 Å². The minimum Gasteiger partial charge on any atom is -0.493 e. The quantitative estimate of drug-likeness (QED) is 0.573. The number of aromatic nitrogens is 1. The van der Waals surface area contributed by atoms with E-state index in [1.54, 1.807) is 11.6 Å². The molecule has 6 heteroatoms. The lowest BCUT2D eigenvalue weighted by atomic mass is 9.84. The lowest BCUT2D eigenvalue weighted by Gasteiger charge is -2.22. The molecular formula is C23H25N3O3. The lowest BCUT2D eigenvalue weighted by Crippen LogP contribution is -2.08. The first-order valence-corrected chi connectivity index (χ1v) is 10.1. The lowest BCUT2D eigenvalue weighted by molar-refractivity contribution is -0.120. The molecule has 1 aromatic heterocycles. The summed E-state index contributed by atoms with van der Waals surface area (Å²) in [4.78, 5) is 12.1. The van der Waals surface area contributed by atoms with Crippen LogP contribution >= 0.6 is 0 Å². The average Bonchev–Trinajstić information content (AvgIpc) is 3.02. The Labute approximate surface area is 169 Å². The molecule has 1 heterocycles. The molecule has 3 aromatic rings. The minimum atomic E-state index is -0.506. The highest BCUT2D eigenvalue weighted by atomic mass is 16.5. The second-order valence-electron chi connectivity index (χ2n) is 7.53. The second kappa shape index (κ2) is 8.47. The molecule has 4 rings (SSSR count). The molecule has 1 saturated carbocycles. The fraction of sp³-hybridized carbons (Fsp3) is 0.348. The van der Waals surface area contributed by atoms with E-state index in [9.17, 15) is 9.90 Å². The van der Waals surface area contributed by atoms with Crippen LogP contribution in [0.1, 0.15) is 43.6 Å². The molecule has 1 fully saturated rings. The number of carbonyl (C=O) groups excluding carboxylic acids is 1. The maximum Gasteiger partial charge on any atom is 0.302 e. The van der Waals surface area contributed by atoms with Crippen LogP contribution in [0, 0.1) is 0 Å². The summed E-state index contributed by atoms with van der Waals surface area (Å²) in [6.07, 6.45) is 6.44. The smallest absolute Gasteiger partial charge is 0.302 e. The number of aryl methyl sites for hydroxylation is 1. The monoisotopic (exact) mass is 391 g/mol. The zero-order chi connectivity index (χ0) is 20.2. The van der Waals surface area contributed by atoms with Gasteiger partial charge in [-0.3, -0.25) is 4.79 Å². The van der Waals surface area contributed by atoms with Crippen LogP contribution in [0.15, 0.2) is 58.8 Å². The van der Waals surface area contributed by atoms with Gasteiger partial charge in [0.2, 0.25) is 5.88 Å². The molecule has 1 N–H and O–H groups in total. The van der Waals surface area contributed by atoms with E-state index < -0.39 is 5.91 Å². The summed E-state index contributed by atoms with van der Waals surface area (Å²) in [6.45, 7) is -0.197. The molecule has 1 amide bonds. The maximum absolute atomic E-state index is 12.1. The van der Waals surface area contributed by atoms with Gasteiger partial charge in [-0.1, -0.05) is 49.6 Å². The summed E-state index contributed by atoms with van der Waals surface area (Å²) in [6, 6.07) is 15.4. The van der Waals surface area contributed by atoms with Gasteiger partial charge >= 0.3 is 5.91 Å². The molecule has 1 aliphatic rings. The predicted molar refractivity (Wildman–Crippen MR) is 112 cm³/mol. The number of hydrogen-bond acceptors (Lipinski definition) is 4. The Morgan fingerprint density at radius 2 is 1.83 bits per heavy atom. The van der Waals surface area contributed by atoms with Crippen LogP contribution in [0.2, 0.25) is 0 Å². The van der Waals surface area contributed by atoms with Crippen molar-refractivity contribution in [3.63, 3.8) is 0 Å². The fourth-order valence-electron chi connectivity index (χ4n) is 4.01. The summed E-state index contributed by atoms with van der Waals surface area (Å²) in [7, 11) is 1.73. The Balaban J connectivity index is 1.37. The first kappa shape index (κ1) is 19.2. The van der Waals surface area contributed by atoms with E-state index in [1.165, 1.54) is 37.7 Å². The molecule has 0 unspecified atom stereocenters. The number of amides is 1. The van der Waals surface area contributed by atoms with Gasteiger partial charge < -0.3 is 14.4 Å². The first-order chi connectivity index (χ1) is 14.1. The Hall–Kier alpha value is -3.15. The third kappa shape index (κ3) is 4.16. The Morgan fingerprint density at radius 1 is 1.10 bits per heavy atom. The predicted octanol–water partition coefficient (Wildman–Crippen LogP) is 5.62. The van der Waals surface area contributed by atoms with E-state index in [0.717, 1.165) is 10.9 Å². The molecule has 0 spiro atoms. The zero-order valence-corrected chi connectivity index (χ0v) is 16.5. The van der Waals surface area contributed by atoms with Crippen LogP contribution in [0.4, 0.5) is 5.69 Å². The van der Waals surface area contributed by atoms with E-state index in [-0.39, 0.29) is 18.2 Å². The SMILES string of the molecule is Cn1c(O)c(N=NC(=O)COc2ccc(C3CCCCC3)cc2)c2ccccc21. The van der Waals surface area contributed by atoms with Gasteiger partial charge in [-0.2, -0.15) is 0 Å². The van der Waals surface area contributed by atoms with Gasteiger partial charge in [0, 0.05) is 12.4 Å².